The molecule has 0 bridgehead atoms. The van der Waals surface area contributed by atoms with Crippen LogP contribution in [0.2, 0.25) is 0 Å². The molecule has 17 aliphatic rings. The number of likely N-dealkylation sites (N-methyl/N-ethyl adjacent to an activating group) is 4. The van der Waals surface area contributed by atoms with Gasteiger partial charge in [-0.15, -0.1) is 11.6 Å². The highest BCUT2D eigenvalue weighted by Gasteiger charge is 2.74. The molecule has 2 aliphatic heterocycles. The van der Waals surface area contributed by atoms with Crippen molar-refractivity contribution < 1.29 is 71.7 Å². The fraction of sp³-hybridized carbons (Fsp3) is 0.760. The first-order valence-corrected chi connectivity index (χ1v) is 48.7. The zero-order valence-electron chi connectivity index (χ0n) is 79.0. The maximum atomic E-state index is 13.9. The van der Waals surface area contributed by atoms with Gasteiger partial charge in [-0.25, -0.2) is 0 Å². The van der Waals surface area contributed by atoms with Crippen molar-refractivity contribution in [1.29, 1.82) is 0 Å². The number of alkyl halides is 1. The zero-order chi connectivity index (χ0) is 90.2. The van der Waals surface area contributed by atoms with E-state index in [0.717, 1.165) is 122 Å². The summed E-state index contributed by atoms with van der Waals surface area (Å²) >= 11 is 5.82. The standard InChI is InChI=1S/C28H40ClNO4.C28H41NO4.C25H35NO4.C23H33NO3/c1-6-30(5)25(33)28(34-24(32)8-7-15-29)14-11-22-20-16-18(2)23-17-19(31)9-12-26(23,3)21(20)10-13-27(22,28)4;1-7-8-15-29(6)25(32)28(33-19(3)30)14-11-23-21-16-18(2)24-17-20(31)9-12-26(24,4)22(21)10-13-27(23,28)5;1-15-13-18-19(23(3)10-7-17(28)14-21(15)23)8-11-24(4)20(18)9-12-25(24,30-16(2)27)22(29)26(5)6;1-21-12-10-19(25)24(3)18(21)7-6-15-16(21)8-13-22(2)17(15)9-14-23(22)11-4-5-20(26)27-23/h16-17,20-22H,6-15H2,1-5H3;16-17,21-23H,7-15H2,1-6H3;13-14,18-20H,7-12H2,1-6H3;10,12,15-18H,4-9,11,13-14H2,1-3H3/t20?,21?,22?,26-,27+,28-;21?,22?,23?,26-,27+,28-;18?,19?,20?,23-,24+,25-;15?,16?,17?,18?,21-,22+,23+/m1111/s1. The van der Waals surface area contributed by atoms with Crippen molar-refractivity contribution in [1.82, 2.24) is 19.6 Å². The quantitative estimate of drug-likeness (QED) is 0.0946. The average molecular weight is 1730 g/mol. The van der Waals surface area contributed by atoms with Crippen LogP contribution in [0.15, 0.2) is 82.0 Å². The number of ketones is 3. The van der Waals surface area contributed by atoms with Crippen molar-refractivity contribution >= 4 is 76.5 Å². The molecule has 0 aromatic carbocycles. The Balaban J connectivity index is 0.000000135. The van der Waals surface area contributed by atoms with Crippen molar-refractivity contribution in [3.63, 3.8) is 0 Å². The molecular weight excluding hydrogens is 1580 g/mol. The predicted molar refractivity (Wildman–Crippen MR) is 479 cm³/mol. The van der Waals surface area contributed by atoms with E-state index in [1.807, 2.05) is 50.2 Å². The second-order valence-corrected chi connectivity index (χ2v) is 44.6. The van der Waals surface area contributed by atoms with Gasteiger partial charge >= 0.3 is 23.9 Å². The minimum absolute atomic E-state index is 0.00729. The number of unbranched alkanes of at least 4 members (excludes halogenated alkanes) is 1. The van der Waals surface area contributed by atoms with Crippen LogP contribution >= 0.6 is 11.6 Å². The fourth-order valence-electron chi connectivity index (χ4n) is 31.7. The highest BCUT2D eigenvalue weighted by atomic mass is 35.5. The lowest BCUT2D eigenvalue weighted by molar-refractivity contribution is -0.197. The molecule has 1 spiro atoms. The number of hydrogen-bond acceptors (Lipinski definition) is 15. The van der Waals surface area contributed by atoms with Gasteiger partial charge in [-0.3, -0.25) is 52.7 Å². The smallest absolute Gasteiger partial charge is 0.306 e. The second-order valence-electron chi connectivity index (χ2n) is 44.2. The highest BCUT2D eigenvalue weighted by molar-refractivity contribution is 6.18. The van der Waals surface area contributed by atoms with E-state index < -0.39 is 27.6 Å². The van der Waals surface area contributed by atoms with Gasteiger partial charge < -0.3 is 38.5 Å². The van der Waals surface area contributed by atoms with Gasteiger partial charge in [0.2, 0.25) is 5.91 Å². The number of ether oxygens (including phenoxy) is 4. The lowest BCUT2D eigenvalue weighted by Gasteiger charge is -2.61. The molecule has 15 aliphatic carbocycles. The number of hydrogen-bond donors (Lipinski definition) is 0. The molecule has 0 aromatic rings. The molecular formula is C104H149ClN4O15. The molecule has 19 nitrogen and oxygen atoms in total. The van der Waals surface area contributed by atoms with Gasteiger partial charge in [-0.05, 0) is 316 Å². The second kappa shape index (κ2) is 33.9. The minimum atomic E-state index is -1.13. The highest BCUT2D eigenvalue weighted by Crippen LogP contribution is 2.74. The lowest BCUT2D eigenvalue weighted by Crippen LogP contribution is -2.61. The van der Waals surface area contributed by atoms with E-state index in [2.05, 4.69) is 107 Å². The third-order valence-electron chi connectivity index (χ3n) is 38.4. The zero-order valence-corrected chi connectivity index (χ0v) is 79.7. The van der Waals surface area contributed by atoms with Crippen LogP contribution in [0.25, 0.3) is 0 Å². The first-order chi connectivity index (χ1) is 58.3. The Morgan fingerprint density at radius 3 is 1.31 bits per heavy atom. The number of esters is 4. The van der Waals surface area contributed by atoms with Gasteiger partial charge in [0.25, 0.3) is 17.7 Å². The van der Waals surface area contributed by atoms with E-state index in [1.165, 1.54) is 66.5 Å². The van der Waals surface area contributed by atoms with Crippen LogP contribution in [0.3, 0.4) is 0 Å². The average Bonchev–Trinajstić information content (AvgIpc) is 1.51. The molecule has 9 saturated carbocycles. The van der Waals surface area contributed by atoms with Gasteiger partial charge in [0.05, 0.1) is 0 Å². The number of nitrogens with zero attached hydrogens (tertiary/aromatic N) is 4. The normalized spacial score (nSPS) is 42.6. The van der Waals surface area contributed by atoms with Crippen LogP contribution in [-0.4, -0.2) is 167 Å². The van der Waals surface area contributed by atoms with E-state index in [0.29, 0.717) is 130 Å². The third-order valence-corrected chi connectivity index (χ3v) is 38.7. The van der Waals surface area contributed by atoms with E-state index in [9.17, 15) is 52.7 Å². The monoisotopic (exact) mass is 1730 g/mol. The molecule has 4 amide bonds. The Labute approximate surface area is 745 Å². The van der Waals surface area contributed by atoms with Gasteiger partial charge in [0.15, 0.2) is 34.2 Å². The Morgan fingerprint density at radius 1 is 0.476 bits per heavy atom. The molecule has 13 unspecified atom stereocenters. The van der Waals surface area contributed by atoms with Crippen LogP contribution in [0, 0.1) is 114 Å². The molecule has 124 heavy (non-hydrogen) atoms. The Kier molecular flexibility index (Phi) is 25.6. The lowest BCUT2D eigenvalue weighted by atomic mass is 9.47. The molecule has 25 atom stereocenters. The van der Waals surface area contributed by atoms with Crippen LogP contribution in [0.1, 0.15) is 303 Å². The van der Waals surface area contributed by atoms with Crippen molar-refractivity contribution in [2.75, 3.05) is 54.2 Å². The maximum Gasteiger partial charge on any atom is 0.306 e. The predicted octanol–water partition coefficient (Wildman–Crippen LogP) is 18.9. The molecule has 0 radical (unpaired) electrons. The third kappa shape index (κ3) is 14.6. The van der Waals surface area contributed by atoms with Crippen LogP contribution in [-0.2, 0) is 71.7 Å². The summed E-state index contributed by atoms with van der Waals surface area (Å²) in [6, 6.07) is 0.337. The van der Waals surface area contributed by atoms with Crippen molar-refractivity contribution in [2.24, 2.45) is 114 Å². The Bertz CT molecular complexity index is 4570. The molecule has 20 heteroatoms. The summed E-state index contributed by atoms with van der Waals surface area (Å²) in [7, 11) is 9.14. The largest absolute Gasteiger partial charge is 0.458 e. The van der Waals surface area contributed by atoms with Gasteiger partial charge in [0, 0.05) is 133 Å². The molecule has 2 heterocycles. The summed E-state index contributed by atoms with van der Waals surface area (Å²) in [6.07, 6.45) is 43.5. The van der Waals surface area contributed by atoms with E-state index in [4.69, 9.17) is 30.5 Å². The molecule has 0 aromatic heterocycles. The molecule has 0 N–H and O–H groups in total. The summed E-state index contributed by atoms with van der Waals surface area (Å²) < 4.78 is 24.4. The van der Waals surface area contributed by atoms with Crippen molar-refractivity contribution in [3.8, 4) is 0 Å². The number of carbonyl (C=O) groups is 11. The van der Waals surface area contributed by atoms with Crippen LogP contribution in [0.4, 0.5) is 0 Å². The number of amides is 4. The number of allylic oxidation sites excluding steroid dienone is 12. The summed E-state index contributed by atoms with van der Waals surface area (Å²) in [6.45, 7) is 33.0. The minimum Gasteiger partial charge on any atom is -0.458 e. The summed E-state index contributed by atoms with van der Waals surface area (Å²) in [5, 5.41) is 0. The van der Waals surface area contributed by atoms with Crippen molar-refractivity contribution in [2.45, 2.75) is 331 Å². The molecule has 10 fully saturated rings. The summed E-state index contributed by atoms with van der Waals surface area (Å²) in [5.41, 5.74) is 2.81. The topological polar surface area (TPSA) is 238 Å². The van der Waals surface area contributed by atoms with E-state index in [1.54, 1.807) is 35.8 Å². The number of rotatable bonds is 13. The van der Waals surface area contributed by atoms with E-state index >= 15 is 0 Å². The fourth-order valence-corrected chi connectivity index (χ4v) is 31.9. The molecule has 1 saturated heterocycles. The SMILES string of the molecule is CC(=O)O[C@@]1(C(=O)N(C)C)CCC2C3C=C(C)C4=CC(=O)CC[C@]4(C)C3CC[C@@]21C.CCCCN(C)C(=O)[C@]1(OC(C)=O)CCC2C3C=C(C)C4=CC(=O)CC[C@]4(C)C3CC[C@@]21C.CCN(C)C(=O)[C@]1(OC(=O)CCCCl)CCC2C3C=C(C)C4=CC(=O)CC[C@]4(C)C3CC[C@@]21C.CN1C(=O)C=C[C@]2(C)C3CC[C@@]4(C)C(CC[C@@]45CCCC(=O)O5)C3CCC12. The first kappa shape index (κ1) is 93.4. The number of carbonyl (C=O) groups excluding carboxylic acids is 11. The number of fused-ring (bicyclic) bond motifs is 21. The summed E-state index contributed by atoms with van der Waals surface area (Å²) in [4.78, 5) is 147. The van der Waals surface area contributed by atoms with Gasteiger partial charge in [-0.1, -0.05) is 110 Å². The van der Waals surface area contributed by atoms with Crippen LogP contribution < -0.4 is 0 Å². The summed E-state index contributed by atoms with van der Waals surface area (Å²) in [5.74, 6) is 5.19. The van der Waals surface area contributed by atoms with Gasteiger partial charge in [0.1, 0.15) is 5.60 Å². The maximum absolute atomic E-state index is 13.9. The first-order valence-electron chi connectivity index (χ1n) is 48.2. The van der Waals surface area contributed by atoms with Gasteiger partial charge in [-0.2, -0.15) is 0 Å². The van der Waals surface area contributed by atoms with E-state index in [-0.39, 0.29) is 127 Å². The Hall–Kier alpha value is -6.76. The van der Waals surface area contributed by atoms with Crippen LogP contribution in [0.5, 0.6) is 0 Å². The number of halogens is 1. The Morgan fingerprint density at radius 2 is 0.887 bits per heavy atom. The van der Waals surface area contributed by atoms with Crippen molar-refractivity contribution in [3.05, 3.63) is 82.0 Å². The molecule has 682 valence electrons. The molecule has 17 rings (SSSR count).